The van der Waals surface area contributed by atoms with Gasteiger partial charge in [0.2, 0.25) is 0 Å². The normalized spacial score (nSPS) is 11.2. The third-order valence-corrected chi connectivity index (χ3v) is 1.81. The second kappa shape index (κ2) is 7.13. The summed E-state index contributed by atoms with van der Waals surface area (Å²) in [7, 11) is 0. The summed E-state index contributed by atoms with van der Waals surface area (Å²) in [4.78, 5) is 13.1. The number of azide groups is 1. The van der Waals surface area contributed by atoms with Crippen molar-refractivity contribution in [2.45, 2.75) is 6.10 Å². The highest BCUT2D eigenvalue weighted by Gasteiger charge is 2.04. The van der Waals surface area contributed by atoms with Crippen LogP contribution in [-0.4, -0.2) is 35.6 Å². The van der Waals surface area contributed by atoms with Crippen molar-refractivity contribution in [1.82, 2.24) is 0 Å². The molecule has 0 aromatic heterocycles. The minimum absolute atomic E-state index is 0.0473. The molecule has 0 radical (unpaired) electrons. The lowest BCUT2D eigenvalue weighted by molar-refractivity contribution is 0.0536. The SMILES string of the molecule is [N-]=[N+]=NC(=O)Oc1ccc(OCC(O)CO)cc1. The van der Waals surface area contributed by atoms with Crippen molar-refractivity contribution in [2.24, 2.45) is 5.11 Å². The molecule has 96 valence electrons. The van der Waals surface area contributed by atoms with E-state index in [1.807, 2.05) is 0 Å². The van der Waals surface area contributed by atoms with Crippen LogP contribution in [0.3, 0.4) is 0 Å². The number of carbonyl (C=O) groups is 1. The maximum absolute atomic E-state index is 10.8. The molecule has 0 saturated heterocycles. The van der Waals surface area contributed by atoms with Gasteiger partial charge in [-0.25, -0.2) is 4.79 Å². The lowest BCUT2D eigenvalue weighted by Crippen LogP contribution is -2.21. The molecule has 0 aliphatic carbocycles. The van der Waals surface area contributed by atoms with E-state index in [1.165, 1.54) is 24.3 Å². The highest BCUT2D eigenvalue weighted by molar-refractivity contribution is 5.71. The van der Waals surface area contributed by atoms with Gasteiger partial charge in [-0.15, -0.1) is 0 Å². The molecule has 8 heteroatoms. The topological polar surface area (TPSA) is 125 Å². The van der Waals surface area contributed by atoms with Crippen LogP contribution >= 0.6 is 0 Å². The van der Waals surface area contributed by atoms with E-state index < -0.39 is 12.2 Å². The zero-order chi connectivity index (χ0) is 13.4. The summed E-state index contributed by atoms with van der Waals surface area (Å²) < 4.78 is 9.79. The van der Waals surface area contributed by atoms with Gasteiger partial charge in [-0.05, 0) is 29.8 Å². The van der Waals surface area contributed by atoms with Gasteiger partial charge in [0.1, 0.15) is 24.2 Å². The second-order valence-corrected chi connectivity index (χ2v) is 3.18. The first-order valence-electron chi connectivity index (χ1n) is 4.94. The minimum atomic E-state index is -1.05. The Balaban J connectivity index is 2.52. The Kier molecular flexibility index (Phi) is 5.46. The average Bonchev–Trinajstić information content (AvgIpc) is 2.37. The molecule has 1 rings (SSSR count). The molecule has 1 amide bonds. The maximum Gasteiger partial charge on any atom is 0.402 e. The summed E-state index contributed by atoms with van der Waals surface area (Å²) in [6.45, 7) is -0.434. The first-order chi connectivity index (χ1) is 8.65. The number of carbonyl (C=O) groups excluding carboxylic acids is 1. The largest absolute Gasteiger partial charge is 0.491 e. The maximum atomic E-state index is 10.8. The Morgan fingerprint density at radius 3 is 2.56 bits per heavy atom. The van der Waals surface area contributed by atoms with Crippen molar-refractivity contribution >= 4 is 6.09 Å². The fraction of sp³-hybridized carbons (Fsp3) is 0.300. The fourth-order valence-electron chi connectivity index (χ4n) is 1.01. The molecule has 0 spiro atoms. The van der Waals surface area contributed by atoms with Crippen molar-refractivity contribution in [3.63, 3.8) is 0 Å². The molecule has 0 heterocycles. The van der Waals surface area contributed by atoms with Crippen LogP contribution in [0.4, 0.5) is 4.79 Å². The van der Waals surface area contributed by atoms with Crippen LogP contribution in [0.5, 0.6) is 11.5 Å². The molecule has 1 aromatic rings. The zero-order valence-electron chi connectivity index (χ0n) is 9.26. The highest BCUT2D eigenvalue weighted by Crippen LogP contribution is 2.18. The smallest absolute Gasteiger partial charge is 0.402 e. The number of hydrogen-bond donors (Lipinski definition) is 2. The summed E-state index contributed by atoms with van der Waals surface area (Å²) in [5.74, 6) is 0.633. The summed E-state index contributed by atoms with van der Waals surface area (Å²) >= 11 is 0. The number of aliphatic hydroxyl groups is 2. The molecule has 0 aliphatic heterocycles. The van der Waals surface area contributed by atoms with Gasteiger partial charge in [-0.1, -0.05) is 0 Å². The van der Waals surface area contributed by atoms with E-state index in [0.717, 1.165) is 0 Å². The third kappa shape index (κ3) is 4.71. The number of hydrogen-bond acceptors (Lipinski definition) is 5. The zero-order valence-corrected chi connectivity index (χ0v) is 9.26. The molecule has 8 nitrogen and oxygen atoms in total. The van der Waals surface area contributed by atoms with E-state index in [-0.39, 0.29) is 19.0 Å². The number of aliphatic hydroxyl groups excluding tert-OH is 2. The van der Waals surface area contributed by atoms with Crippen molar-refractivity contribution in [2.75, 3.05) is 13.2 Å². The number of ether oxygens (including phenoxy) is 2. The van der Waals surface area contributed by atoms with Gasteiger partial charge in [-0.2, -0.15) is 0 Å². The molecule has 1 unspecified atom stereocenters. The summed E-state index contributed by atoms with van der Waals surface area (Å²) in [5, 5.41) is 20.4. The van der Waals surface area contributed by atoms with Gasteiger partial charge in [0, 0.05) is 10.0 Å². The van der Waals surface area contributed by atoms with E-state index in [0.29, 0.717) is 5.75 Å². The summed E-state index contributed by atoms with van der Waals surface area (Å²) in [6.07, 6.45) is -2.01. The predicted octanol–water partition coefficient (Wildman–Crippen LogP) is 1.23. The second-order valence-electron chi connectivity index (χ2n) is 3.18. The van der Waals surface area contributed by atoms with E-state index in [9.17, 15) is 4.79 Å². The number of amides is 1. The Bertz CT molecular complexity index is 441. The Morgan fingerprint density at radius 2 is 2.00 bits per heavy atom. The van der Waals surface area contributed by atoms with Gasteiger partial charge < -0.3 is 19.7 Å². The molecule has 2 N–H and O–H groups in total. The summed E-state index contributed by atoms with van der Waals surface area (Å²) in [6, 6.07) is 5.88. The van der Waals surface area contributed by atoms with Gasteiger partial charge >= 0.3 is 6.09 Å². The molecule has 0 aliphatic rings. The molecule has 1 aromatic carbocycles. The molecule has 18 heavy (non-hydrogen) atoms. The monoisotopic (exact) mass is 253 g/mol. The van der Waals surface area contributed by atoms with Gasteiger partial charge in [0.15, 0.2) is 0 Å². The standard InChI is InChI=1S/C10H11N3O5/c11-13-12-10(16)18-9-3-1-8(2-4-9)17-6-7(15)5-14/h1-4,7,14-15H,5-6H2. The quantitative estimate of drug-likeness (QED) is 0.463. The average molecular weight is 253 g/mol. The highest BCUT2D eigenvalue weighted by atomic mass is 16.6. The van der Waals surface area contributed by atoms with Crippen molar-refractivity contribution in [3.8, 4) is 11.5 Å². The van der Waals surface area contributed by atoms with Gasteiger partial charge in [0.25, 0.3) is 0 Å². The van der Waals surface area contributed by atoms with Crippen molar-refractivity contribution in [3.05, 3.63) is 34.7 Å². The molecular weight excluding hydrogens is 242 g/mol. The lowest BCUT2D eigenvalue weighted by atomic mass is 10.3. The first-order valence-corrected chi connectivity index (χ1v) is 4.94. The van der Waals surface area contributed by atoms with Crippen LogP contribution in [0.1, 0.15) is 0 Å². The number of nitrogens with zero attached hydrogens (tertiary/aromatic N) is 3. The fourth-order valence-corrected chi connectivity index (χ4v) is 1.01. The predicted molar refractivity (Wildman–Crippen MR) is 60.2 cm³/mol. The lowest BCUT2D eigenvalue weighted by Gasteiger charge is -2.09. The van der Waals surface area contributed by atoms with Crippen LogP contribution in [0, 0.1) is 0 Å². The van der Waals surface area contributed by atoms with Gasteiger partial charge in [-0.3, -0.25) is 0 Å². The summed E-state index contributed by atoms with van der Waals surface area (Å²) in [5.41, 5.74) is 8.00. The molecule has 1 atom stereocenters. The molecular formula is C10H11N3O5. The number of rotatable bonds is 5. The third-order valence-electron chi connectivity index (χ3n) is 1.81. The van der Waals surface area contributed by atoms with E-state index in [4.69, 9.17) is 20.5 Å². The van der Waals surface area contributed by atoms with Crippen LogP contribution in [0.25, 0.3) is 10.4 Å². The van der Waals surface area contributed by atoms with Crippen LogP contribution in [0.15, 0.2) is 29.4 Å². The number of benzene rings is 1. The molecule has 0 saturated carbocycles. The Morgan fingerprint density at radius 1 is 1.39 bits per heavy atom. The van der Waals surface area contributed by atoms with E-state index >= 15 is 0 Å². The first kappa shape index (κ1) is 13.8. The van der Waals surface area contributed by atoms with E-state index in [1.54, 1.807) is 0 Å². The Labute approximate surface area is 102 Å². The van der Waals surface area contributed by atoms with Crippen LogP contribution in [0.2, 0.25) is 0 Å². The van der Waals surface area contributed by atoms with Crippen molar-refractivity contribution < 1.29 is 24.5 Å². The molecule has 0 fully saturated rings. The van der Waals surface area contributed by atoms with Crippen molar-refractivity contribution in [1.29, 1.82) is 0 Å². The minimum Gasteiger partial charge on any atom is -0.491 e. The van der Waals surface area contributed by atoms with Crippen LogP contribution in [-0.2, 0) is 0 Å². The Hall–Kier alpha value is -2.28. The van der Waals surface area contributed by atoms with Crippen LogP contribution < -0.4 is 9.47 Å². The molecule has 0 bridgehead atoms. The van der Waals surface area contributed by atoms with Gasteiger partial charge in [0.05, 0.1) is 6.61 Å². The van der Waals surface area contributed by atoms with E-state index in [2.05, 4.69) is 14.8 Å².